The predicted octanol–water partition coefficient (Wildman–Crippen LogP) is 2.90. The van der Waals surface area contributed by atoms with Gasteiger partial charge in [0.1, 0.15) is 11.6 Å². The molecule has 9 heteroatoms. The van der Waals surface area contributed by atoms with E-state index in [1.807, 2.05) is 13.8 Å². The summed E-state index contributed by atoms with van der Waals surface area (Å²) in [6.07, 6.45) is 1.50. The predicted molar refractivity (Wildman–Crippen MR) is 89.0 cm³/mol. The molecule has 2 rings (SSSR count). The Hall–Kier alpha value is -1.99. The molecule has 0 fully saturated rings. The van der Waals surface area contributed by atoms with Crippen LogP contribution in [0.4, 0.5) is 10.6 Å². The number of carbonyl (C=O) groups is 1. The molecule has 0 unspecified atom stereocenters. The number of amides is 2. The molecular formula is C14H17Cl2N5O2. The van der Waals surface area contributed by atoms with Crippen molar-refractivity contribution in [3.8, 4) is 0 Å². The lowest BCUT2D eigenvalue weighted by atomic mass is 10.2. The molecule has 7 nitrogen and oxygen atoms in total. The lowest BCUT2D eigenvalue weighted by Gasteiger charge is -2.09. The molecule has 0 spiro atoms. The second-order valence-corrected chi connectivity index (χ2v) is 5.67. The van der Waals surface area contributed by atoms with E-state index in [2.05, 4.69) is 26.1 Å². The summed E-state index contributed by atoms with van der Waals surface area (Å²) in [6.45, 7) is 4.89. The van der Waals surface area contributed by atoms with Gasteiger partial charge in [0.25, 0.3) is 0 Å². The summed E-state index contributed by atoms with van der Waals surface area (Å²) in [5.41, 5.74) is 1.66. The van der Waals surface area contributed by atoms with Crippen LogP contribution in [0, 0.1) is 13.8 Å². The Kier molecular flexibility index (Phi) is 6.06. The third kappa shape index (κ3) is 5.01. The quantitative estimate of drug-likeness (QED) is 0.691. The van der Waals surface area contributed by atoms with Gasteiger partial charge in [-0.2, -0.15) is 0 Å². The third-order valence-electron chi connectivity index (χ3n) is 3.12. The van der Waals surface area contributed by atoms with Gasteiger partial charge in [-0.25, -0.2) is 9.78 Å². The molecule has 0 radical (unpaired) electrons. The molecule has 0 saturated heterocycles. The molecule has 0 aliphatic rings. The highest BCUT2D eigenvalue weighted by Crippen LogP contribution is 2.21. The smallest absolute Gasteiger partial charge is 0.315 e. The van der Waals surface area contributed by atoms with Crippen molar-refractivity contribution in [3.05, 3.63) is 39.3 Å². The number of pyridine rings is 1. The van der Waals surface area contributed by atoms with Crippen LogP contribution in [-0.2, 0) is 6.54 Å². The Bertz CT molecular complexity index is 670. The van der Waals surface area contributed by atoms with Gasteiger partial charge in [0.05, 0.1) is 15.7 Å². The van der Waals surface area contributed by atoms with Crippen LogP contribution < -0.4 is 16.0 Å². The monoisotopic (exact) mass is 357 g/mol. The number of halogens is 2. The van der Waals surface area contributed by atoms with Gasteiger partial charge in [0, 0.05) is 31.4 Å². The van der Waals surface area contributed by atoms with Crippen molar-refractivity contribution in [3.63, 3.8) is 0 Å². The molecule has 0 bridgehead atoms. The first-order chi connectivity index (χ1) is 11.0. The van der Waals surface area contributed by atoms with Gasteiger partial charge in [-0.05, 0) is 19.9 Å². The first-order valence-corrected chi connectivity index (χ1v) is 7.71. The standard InChI is InChI=1S/C14H17Cl2N5O2/c1-8-11(9(2)23-21-8)7-20-14(22)18-4-3-17-13-12(16)5-10(15)6-19-13/h5-6H,3-4,7H2,1-2H3,(H,17,19)(H2,18,20,22). The van der Waals surface area contributed by atoms with Crippen molar-refractivity contribution in [1.82, 2.24) is 20.8 Å². The van der Waals surface area contributed by atoms with Crippen molar-refractivity contribution in [2.45, 2.75) is 20.4 Å². The van der Waals surface area contributed by atoms with Gasteiger partial charge in [-0.3, -0.25) is 0 Å². The summed E-state index contributed by atoms with van der Waals surface area (Å²) >= 11 is 11.8. The normalized spacial score (nSPS) is 10.4. The van der Waals surface area contributed by atoms with Crippen LogP contribution in [0.2, 0.25) is 10.0 Å². The van der Waals surface area contributed by atoms with Crippen molar-refractivity contribution in [1.29, 1.82) is 0 Å². The highest BCUT2D eigenvalue weighted by molar-refractivity contribution is 6.35. The summed E-state index contributed by atoms with van der Waals surface area (Å²) in [4.78, 5) is 15.8. The van der Waals surface area contributed by atoms with Gasteiger partial charge in [0.15, 0.2) is 0 Å². The zero-order chi connectivity index (χ0) is 16.8. The summed E-state index contributed by atoms with van der Waals surface area (Å²) < 4.78 is 5.03. The van der Waals surface area contributed by atoms with Crippen molar-refractivity contribution in [2.75, 3.05) is 18.4 Å². The molecule has 23 heavy (non-hydrogen) atoms. The van der Waals surface area contributed by atoms with Gasteiger partial charge in [-0.15, -0.1) is 0 Å². The van der Waals surface area contributed by atoms with Crippen LogP contribution in [0.3, 0.4) is 0 Å². The van der Waals surface area contributed by atoms with Crippen molar-refractivity contribution < 1.29 is 9.32 Å². The minimum absolute atomic E-state index is 0.276. The fourth-order valence-corrected chi connectivity index (χ4v) is 2.33. The molecule has 2 aromatic heterocycles. The Labute approximate surface area is 143 Å². The lowest BCUT2D eigenvalue weighted by molar-refractivity contribution is 0.241. The molecule has 2 heterocycles. The first kappa shape index (κ1) is 17.4. The van der Waals surface area contributed by atoms with Gasteiger partial charge < -0.3 is 20.5 Å². The molecule has 124 valence electrons. The molecular weight excluding hydrogens is 341 g/mol. The van der Waals surface area contributed by atoms with Gasteiger partial charge in [-0.1, -0.05) is 28.4 Å². The lowest BCUT2D eigenvalue weighted by Crippen LogP contribution is -2.37. The zero-order valence-corrected chi connectivity index (χ0v) is 14.3. The number of carbonyl (C=O) groups excluding carboxylic acids is 1. The number of urea groups is 1. The topological polar surface area (TPSA) is 92.1 Å². The van der Waals surface area contributed by atoms with Crippen LogP contribution >= 0.6 is 23.2 Å². The van der Waals surface area contributed by atoms with Crippen LogP contribution in [0.5, 0.6) is 0 Å². The maximum absolute atomic E-state index is 11.7. The molecule has 2 amide bonds. The molecule has 2 aromatic rings. The van der Waals surface area contributed by atoms with E-state index in [0.717, 1.165) is 11.3 Å². The zero-order valence-electron chi connectivity index (χ0n) is 12.7. The molecule has 0 saturated carbocycles. The molecule has 0 aliphatic heterocycles. The number of nitrogens with zero attached hydrogens (tertiary/aromatic N) is 2. The summed E-state index contributed by atoms with van der Waals surface area (Å²) in [7, 11) is 0. The number of hydrogen-bond acceptors (Lipinski definition) is 5. The van der Waals surface area contributed by atoms with E-state index in [1.54, 1.807) is 6.07 Å². The van der Waals surface area contributed by atoms with E-state index < -0.39 is 0 Å². The number of aryl methyl sites for hydroxylation is 2. The summed E-state index contributed by atoms with van der Waals surface area (Å²) in [5, 5.41) is 13.2. The molecule has 0 aromatic carbocycles. The average Bonchev–Trinajstić information content (AvgIpc) is 2.82. The van der Waals surface area contributed by atoms with E-state index >= 15 is 0 Å². The molecule has 0 atom stereocenters. The van der Waals surface area contributed by atoms with Gasteiger partial charge >= 0.3 is 6.03 Å². The Morgan fingerprint density at radius 2 is 2.04 bits per heavy atom. The fourth-order valence-electron chi connectivity index (χ4n) is 1.89. The maximum Gasteiger partial charge on any atom is 0.315 e. The second-order valence-electron chi connectivity index (χ2n) is 4.82. The van der Waals surface area contributed by atoms with Crippen LogP contribution in [0.25, 0.3) is 0 Å². The minimum atomic E-state index is -0.276. The van der Waals surface area contributed by atoms with E-state index in [1.165, 1.54) is 6.20 Å². The number of nitrogens with one attached hydrogen (secondary N) is 3. The van der Waals surface area contributed by atoms with Crippen LogP contribution in [-0.4, -0.2) is 29.3 Å². The first-order valence-electron chi connectivity index (χ1n) is 6.95. The van der Waals surface area contributed by atoms with Crippen molar-refractivity contribution in [2.24, 2.45) is 0 Å². The largest absolute Gasteiger partial charge is 0.367 e. The van der Waals surface area contributed by atoms with Crippen LogP contribution in [0.1, 0.15) is 17.0 Å². The molecule has 3 N–H and O–H groups in total. The SMILES string of the molecule is Cc1noc(C)c1CNC(=O)NCCNc1ncc(Cl)cc1Cl. The Morgan fingerprint density at radius 3 is 2.70 bits per heavy atom. The average molecular weight is 358 g/mol. The van der Waals surface area contributed by atoms with Crippen molar-refractivity contribution >= 4 is 35.1 Å². The molecule has 0 aliphatic carbocycles. The highest BCUT2D eigenvalue weighted by Gasteiger charge is 2.10. The number of aromatic nitrogens is 2. The van der Waals surface area contributed by atoms with Crippen LogP contribution in [0.15, 0.2) is 16.8 Å². The fraction of sp³-hybridized carbons (Fsp3) is 0.357. The van der Waals surface area contributed by atoms with E-state index in [9.17, 15) is 4.79 Å². The second kappa shape index (κ2) is 8.03. The number of anilines is 1. The Balaban J connectivity index is 1.69. The number of rotatable bonds is 6. The minimum Gasteiger partial charge on any atom is -0.367 e. The summed E-state index contributed by atoms with van der Waals surface area (Å²) in [6, 6.07) is 1.32. The van der Waals surface area contributed by atoms with Gasteiger partial charge in [0.2, 0.25) is 0 Å². The maximum atomic E-state index is 11.7. The van der Waals surface area contributed by atoms with E-state index in [4.69, 9.17) is 27.7 Å². The third-order valence-corrected chi connectivity index (χ3v) is 3.61. The Morgan fingerprint density at radius 1 is 1.26 bits per heavy atom. The highest BCUT2D eigenvalue weighted by atomic mass is 35.5. The van der Waals surface area contributed by atoms with E-state index in [-0.39, 0.29) is 6.03 Å². The number of hydrogen-bond donors (Lipinski definition) is 3. The van der Waals surface area contributed by atoms with E-state index in [0.29, 0.717) is 41.3 Å². The summed E-state index contributed by atoms with van der Waals surface area (Å²) in [5.74, 6) is 1.22.